The zero-order valence-corrected chi connectivity index (χ0v) is 11.3. The number of carbonyl (C=O) groups excluding carboxylic acids is 1. The van der Waals surface area contributed by atoms with E-state index in [0.29, 0.717) is 12.3 Å². The molecule has 1 N–H and O–H groups in total. The molecule has 1 aliphatic heterocycles. The van der Waals surface area contributed by atoms with Crippen molar-refractivity contribution >= 4 is 17.7 Å². The van der Waals surface area contributed by atoms with Crippen LogP contribution in [-0.2, 0) is 4.79 Å². The molecule has 0 aromatic heterocycles. The van der Waals surface area contributed by atoms with Crippen molar-refractivity contribution in [2.45, 2.75) is 25.7 Å². The number of nitrogens with one attached hydrogen (secondary N) is 1. The fourth-order valence-corrected chi connectivity index (χ4v) is 2.55. The molecule has 0 spiro atoms. The van der Waals surface area contributed by atoms with Crippen LogP contribution in [0.15, 0.2) is 0 Å². The zero-order chi connectivity index (χ0) is 11.8. The molecule has 1 heterocycles. The molecule has 0 bridgehead atoms. The van der Waals surface area contributed by atoms with Crippen molar-refractivity contribution in [3.63, 3.8) is 0 Å². The number of carbonyl (C=O) groups is 1. The van der Waals surface area contributed by atoms with Gasteiger partial charge >= 0.3 is 0 Å². The van der Waals surface area contributed by atoms with E-state index < -0.39 is 0 Å². The molecule has 4 heteroatoms. The molecule has 1 fully saturated rings. The molecule has 94 valence electrons. The molecule has 1 amide bonds. The normalized spacial score (nSPS) is 17.8. The smallest absolute Gasteiger partial charge is 0.223 e. The highest BCUT2D eigenvalue weighted by molar-refractivity contribution is 7.98. The van der Waals surface area contributed by atoms with Gasteiger partial charge < -0.3 is 10.2 Å². The number of likely N-dealkylation sites (tertiary alicyclic amines) is 1. The fourth-order valence-electron chi connectivity index (χ4n) is 2.17. The highest BCUT2D eigenvalue weighted by Gasteiger charge is 2.21. The summed E-state index contributed by atoms with van der Waals surface area (Å²) in [5, 5.41) is 3.19. The van der Waals surface area contributed by atoms with Crippen molar-refractivity contribution < 1.29 is 4.79 Å². The van der Waals surface area contributed by atoms with Crippen molar-refractivity contribution in [3.8, 4) is 0 Å². The molecule has 0 unspecified atom stereocenters. The van der Waals surface area contributed by atoms with Crippen LogP contribution in [0.1, 0.15) is 25.7 Å². The lowest BCUT2D eigenvalue weighted by Gasteiger charge is -2.32. The molecule has 16 heavy (non-hydrogen) atoms. The summed E-state index contributed by atoms with van der Waals surface area (Å²) in [6.07, 6.45) is 6.39. The molecule has 0 atom stereocenters. The maximum atomic E-state index is 11.8. The number of piperidine rings is 1. The molecular formula is C12H24N2OS. The van der Waals surface area contributed by atoms with Gasteiger partial charge in [-0.15, -0.1) is 0 Å². The predicted molar refractivity (Wildman–Crippen MR) is 70.8 cm³/mol. The topological polar surface area (TPSA) is 32.3 Å². The second-order valence-corrected chi connectivity index (χ2v) is 5.44. The average molecular weight is 244 g/mol. The minimum Gasteiger partial charge on any atom is -0.343 e. The van der Waals surface area contributed by atoms with Crippen LogP contribution in [0.2, 0.25) is 0 Å². The molecule has 0 radical (unpaired) electrons. The largest absolute Gasteiger partial charge is 0.343 e. The Morgan fingerprint density at radius 1 is 1.44 bits per heavy atom. The van der Waals surface area contributed by atoms with Crippen molar-refractivity contribution in [3.05, 3.63) is 0 Å². The van der Waals surface area contributed by atoms with Crippen molar-refractivity contribution in [2.24, 2.45) is 5.92 Å². The second-order valence-electron chi connectivity index (χ2n) is 4.46. The number of hydrogen-bond donors (Lipinski definition) is 1. The first-order chi connectivity index (χ1) is 7.77. The van der Waals surface area contributed by atoms with Gasteiger partial charge in [0, 0.05) is 25.3 Å². The highest BCUT2D eigenvalue weighted by Crippen LogP contribution is 2.20. The summed E-state index contributed by atoms with van der Waals surface area (Å²) in [5.41, 5.74) is 0. The van der Waals surface area contributed by atoms with Gasteiger partial charge in [-0.1, -0.05) is 0 Å². The number of amides is 1. The molecule has 0 aromatic carbocycles. The van der Waals surface area contributed by atoms with Gasteiger partial charge in [-0.05, 0) is 45.0 Å². The van der Waals surface area contributed by atoms with E-state index in [2.05, 4.69) is 11.6 Å². The standard InChI is InChI=1S/C12H24N2OS/c1-13-7-3-11-4-8-14(9-5-11)12(15)6-10-16-2/h11,13H,3-10H2,1-2H3. The highest BCUT2D eigenvalue weighted by atomic mass is 32.2. The molecule has 3 nitrogen and oxygen atoms in total. The number of nitrogens with zero attached hydrogens (tertiary/aromatic N) is 1. The molecular weight excluding hydrogens is 220 g/mol. The van der Waals surface area contributed by atoms with E-state index in [4.69, 9.17) is 0 Å². The average Bonchev–Trinajstić information content (AvgIpc) is 2.34. The monoisotopic (exact) mass is 244 g/mol. The molecule has 1 saturated heterocycles. The first kappa shape index (κ1) is 13.8. The summed E-state index contributed by atoms with van der Waals surface area (Å²) in [7, 11) is 2.00. The summed E-state index contributed by atoms with van der Waals surface area (Å²) in [4.78, 5) is 13.8. The van der Waals surface area contributed by atoms with E-state index in [1.165, 1.54) is 19.3 Å². The van der Waals surface area contributed by atoms with Gasteiger partial charge in [-0.25, -0.2) is 0 Å². The first-order valence-corrected chi connectivity index (χ1v) is 7.58. The Balaban J connectivity index is 2.18. The predicted octanol–water partition coefficient (Wildman–Crippen LogP) is 1.59. The minimum absolute atomic E-state index is 0.349. The lowest BCUT2D eigenvalue weighted by atomic mass is 9.93. The Morgan fingerprint density at radius 3 is 2.69 bits per heavy atom. The third-order valence-electron chi connectivity index (χ3n) is 3.29. The van der Waals surface area contributed by atoms with Gasteiger partial charge in [0.2, 0.25) is 5.91 Å². The van der Waals surface area contributed by atoms with Crippen LogP contribution in [0.5, 0.6) is 0 Å². The van der Waals surface area contributed by atoms with Gasteiger partial charge in [-0.2, -0.15) is 11.8 Å². The quantitative estimate of drug-likeness (QED) is 0.770. The Bertz CT molecular complexity index is 203. The van der Waals surface area contributed by atoms with Gasteiger partial charge in [-0.3, -0.25) is 4.79 Å². The van der Waals surface area contributed by atoms with E-state index in [1.807, 2.05) is 11.9 Å². The maximum absolute atomic E-state index is 11.8. The lowest BCUT2D eigenvalue weighted by molar-refractivity contribution is -0.132. The SMILES string of the molecule is CNCCC1CCN(C(=O)CCSC)CC1. The summed E-state index contributed by atoms with van der Waals surface area (Å²) in [6.45, 7) is 3.05. The van der Waals surface area contributed by atoms with Crippen molar-refractivity contribution in [1.82, 2.24) is 10.2 Å². The van der Waals surface area contributed by atoms with Gasteiger partial charge in [0.15, 0.2) is 0 Å². The lowest BCUT2D eigenvalue weighted by Crippen LogP contribution is -2.39. The summed E-state index contributed by atoms with van der Waals surface area (Å²) in [6, 6.07) is 0. The number of rotatable bonds is 6. The fraction of sp³-hybridized carbons (Fsp3) is 0.917. The van der Waals surface area contributed by atoms with Gasteiger partial charge in [0.05, 0.1) is 0 Å². The third kappa shape index (κ3) is 4.74. The van der Waals surface area contributed by atoms with Crippen molar-refractivity contribution in [1.29, 1.82) is 0 Å². The minimum atomic E-state index is 0.349. The number of thioether (sulfide) groups is 1. The second kappa shape index (κ2) is 7.96. The van der Waals surface area contributed by atoms with E-state index in [9.17, 15) is 4.79 Å². The summed E-state index contributed by atoms with van der Waals surface area (Å²) >= 11 is 1.75. The van der Waals surface area contributed by atoms with Gasteiger partial charge in [0.25, 0.3) is 0 Å². The van der Waals surface area contributed by atoms with Gasteiger partial charge in [0.1, 0.15) is 0 Å². The molecule has 0 aliphatic carbocycles. The van der Waals surface area contributed by atoms with Crippen LogP contribution in [0.25, 0.3) is 0 Å². The van der Waals surface area contributed by atoms with Crippen molar-refractivity contribution in [2.75, 3.05) is 38.7 Å². The van der Waals surface area contributed by atoms with E-state index in [1.54, 1.807) is 11.8 Å². The Morgan fingerprint density at radius 2 is 2.12 bits per heavy atom. The molecule has 0 saturated carbocycles. The first-order valence-electron chi connectivity index (χ1n) is 6.19. The molecule has 1 rings (SSSR count). The van der Waals surface area contributed by atoms with Crippen LogP contribution in [0.3, 0.4) is 0 Å². The Hall–Kier alpha value is -0.220. The third-order valence-corrected chi connectivity index (χ3v) is 3.90. The van der Waals surface area contributed by atoms with E-state index in [-0.39, 0.29) is 0 Å². The Kier molecular flexibility index (Phi) is 6.88. The van der Waals surface area contributed by atoms with E-state index in [0.717, 1.165) is 31.3 Å². The van der Waals surface area contributed by atoms with Crippen LogP contribution in [0.4, 0.5) is 0 Å². The van der Waals surface area contributed by atoms with Crippen LogP contribution < -0.4 is 5.32 Å². The van der Waals surface area contributed by atoms with Crippen LogP contribution in [0, 0.1) is 5.92 Å². The zero-order valence-electron chi connectivity index (χ0n) is 10.5. The number of hydrogen-bond acceptors (Lipinski definition) is 3. The van der Waals surface area contributed by atoms with Crippen LogP contribution in [-0.4, -0.2) is 49.5 Å². The molecule has 1 aliphatic rings. The summed E-state index contributed by atoms with van der Waals surface area (Å²) in [5.74, 6) is 2.12. The van der Waals surface area contributed by atoms with Crippen LogP contribution >= 0.6 is 11.8 Å². The molecule has 0 aromatic rings. The Labute approximate surface area is 103 Å². The summed E-state index contributed by atoms with van der Waals surface area (Å²) < 4.78 is 0. The van der Waals surface area contributed by atoms with E-state index >= 15 is 0 Å². The maximum Gasteiger partial charge on any atom is 0.223 e.